The van der Waals surface area contributed by atoms with E-state index in [0.717, 1.165) is 47.1 Å². The van der Waals surface area contributed by atoms with Gasteiger partial charge in [-0.05, 0) is 49.4 Å². The fourth-order valence-corrected chi connectivity index (χ4v) is 8.34. The molecule has 0 radical (unpaired) electrons. The highest BCUT2D eigenvalue weighted by molar-refractivity contribution is 7.19. The summed E-state index contributed by atoms with van der Waals surface area (Å²) in [5, 5.41) is 8.19. The van der Waals surface area contributed by atoms with Gasteiger partial charge < -0.3 is 25.2 Å². The highest BCUT2D eigenvalue weighted by Crippen LogP contribution is 2.30. The average Bonchev–Trinajstić information content (AvgIpc) is 3.51. The third kappa shape index (κ3) is 8.19. The third-order valence-corrected chi connectivity index (χ3v) is 11.1. The first kappa shape index (κ1) is 32.7. The number of nitrogens with one attached hydrogen (secondary N) is 2. The van der Waals surface area contributed by atoms with Crippen molar-refractivity contribution in [2.24, 2.45) is 5.92 Å². The highest BCUT2D eigenvalue weighted by atomic mass is 35.5. The molecule has 6 rings (SSSR count). The first-order valence-electron chi connectivity index (χ1n) is 16.8. The van der Waals surface area contributed by atoms with E-state index in [4.69, 9.17) is 16.3 Å². The Morgan fingerprint density at radius 2 is 1.76 bits per heavy atom. The van der Waals surface area contributed by atoms with Gasteiger partial charge in [-0.2, -0.15) is 0 Å². The van der Waals surface area contributed by atoms with Gasteiger partial charge in [0, 0.05) is 46.5 Å². The van der Waals surface area contributed by atoms with E-state index in [-0.39, 0.29) is 43.2 Å². The molecule has 46 heavy (non-hydrogen) atoms. The molecule has 1 saturated heterocycles. The van der Waals surface area contributed by atoms with Crippen molar-refractivity contribution in [3.63, 3.8) is 0 Å². The molecule has 2 atom stereocenters. The fraction of sp³-hybridized carbons (Fsp3) is 0.543. The Kier molecular flexibility index (Phi) is 11.1. The third-order valence-electron chi connectivity index (χ3n) is 9.70. The Balaban J connectivity index is 1.20. The van der Waals surface area contributed by atoms with Gasteiger partial charge in [-0.15, -0.1) is 11.3 Å². The van der Waals surface area contributed by atoms with Crippen LogP contribution in [0.1, 0.15) is 75.5 Å². The number of fused-ring (bicyclic) bond motifs is 1. The number of pyridine rings is 1. The first-order valence-corrected chi connectivity index (χ1v) is 18.0. The van der Waals surface area contributed by atoms with Crippen LogP contribution in [0.2, 0.25) is 5.02 Å². The molecule has 3 heterocycles. The molecule has 0 unspecified atom stereocenters. The minimum Gasteiger partial charge on any atom is -0.409 e. The van der Waals surface area contributed by atoms with E-state index < -0.39 is 12.1 Å². The minimum atomic E-state index is -0.849. The number of ether oxygens (including phenoxy) is 1. The zero-order valence-corrected chi connectivity index (χ0v) is 27.9. The van der Waals surface area contributed by atoms with Crippen molar-refractivity contribution in [3.8, 4) is 5.75 Å². The SMILES string of the molecule is O=C(NCc1cc2cnccc2s1)[C@@H]1CN(C(=O)Oc2ccccc2Cl)CCN1C(=O)[C@@H](CC1CCCCC1)NC1CCCCC1. The van der Waals surface area contributed by atoms with E-state index >= 15 is 0 Å². The monoisotopic (exact) mass is 665 g/mol. The Labute approximate surface area is 280 Å². The van der Waals surface area contributed by atoms with E-state index in [0.29, 0.717) is 23.5 Å². The molecule has 0 bridgehead atoms. The van der Waals surface area contributed by atoms with Crippen LogP contribution in [-0.4, -0.2) is 70.5 Å². The van der Waals surface area contributed by atoms with Crippen molar-refractivity contribution in [1.82, 2.24) is 25.4 Å². The van der Waals surface area contributed by atoms with Crippen LogP contribution in [0.15, 0.2) is 48.8 Å². The van der Waals surface area contributed by atoms with E-state index in [2.05, 4.69) is 15.6 Å². The molecule has 2 saturated carbocycles. The molecule has 1 aliphatic heterocycles. The summed E-state index contributed by atoms with van der Waals surface area (Å²) in [6, 6.07) is 9.91. The van der Waals surface area contributed by atoms with Crippen LogP contribution in [0.4, 0.5) is 4.79 Å². The molecule has 3 fully saturated rings. The van der Waals surface area contributed by atoms with Crippen molar-refractivity contribution in [1.29, 1.82) is 0 Å². The number of hydrogen-bond donors (Lipinski definition) is 2. The van der Waals surface area contributed by atoms with E-state index in [9.17, 15) is 14.4 Å². The Morgan fingerprint density at radius 3 is 2.52 bits per heavy atom. The Hall–Kier alpha value is -3.21. The summed E-state index contributed by atoms with van der Waals surface area (Å²) in [6.45, 7) is 0.877. The van der Waals surface area contributed by atoms with Crippen LogP contribution in [0, 0.1) is 5.92 Å². The van der Waals surface area contributed by atoms with Crippen molar-refractivity contribution in [2.45, 2.75) is 95.3 Å². The van der Waals surface area contributed by atoms with E-state index in [1.165, 1.54) is 43.4 Å². The van der Waals surface area contributed by atoms with Crippen molar-refractivity contribution in [3.05, 3.63) is 58.7 Å². The van der Waals surface area contributed by atoms with Gasteiger partial charge in [0.05, 0.1) is 24.2 Å². The van der Waals surface area contributed by atoms with Crippen LogP contribution in [0.5, 0.6) is 5.75 Å². The number of benzene rings is 1. The van der Waals surface area contributed by atoms with Gasteiger partial charge in [0.1, 0.15) is 6.04 Å². The maximum absolute atomic E-state index is 14.5. The predicted octanol–water partition coefficient (Wildman–Crippen LogP) is 6.54. The molecule has 9 nitrogen and oxygen atoms in total. The van der Waals surface area contributed by atoms with Gasteiger partial charge in [0.15, 0.2) is 5.75 Å². The number of nitrogens with zero attached hydrogens (tertiary/aromatic N) is 3. The quantitative estimate of drug-likeness (QED) is 0.269. The molecule has 2 aliphatic carbocycles. The van der Waals surface area contributed by atoms with Crippen LogP contribution in [-0.2, 0) is 16.1 Å². The zero-order chi connectivity index (χ0) is 31.9. The molecule has 0 spiro atoms. The van der Waals surface area contributed by atoms with Gasteiger partial charge in [-0.3, -0.25) is 14.6 Å². The van der Waals surface area contributed by atoms with Gasteiger partial charge in [-0.1, -0.05) is 75.1 Å². The molecule has 2 N–H and O–H groups in total. The van der Waals surface area contributed by atoms with Gasteiger partial charge in [0.2, 0.25) is 11.8 Å². The number of rotatable bonds is 9. The number of carbonyl (C=O) groups is 3. The molecule has 1 aromatic carbocycles. The van der Waals surface area contributed by atoms with Crippen molar-refractivity contribution >= 4 is 50.9 Å². The largest absolute Gasteiger partial charge is 0.415 e. The first-order chi connectivity index (χ1) is 22.4. The summed E-state index contributed by atoms with van der Waals surface area (Å²) < 4.78 is 6.72. The fourth-order valence-electron chi connectivity index (χ4n) is 7.19. The highest BCUT2D eigenvalue weighted by Gasteiger charge is 2.41. The summed E-state index contributed by atoms with van der Waals surface area (Å²) >= 11 is 7.85. The lowest BCUT2D eigenvalue weighted by molar-refractivity contribution is -0.145. The number of halogens is 1. The lowest BCUT2D eigenvalue weighted by Crippen LogP contribution is -2.64. The molecule has 3 amide bonds. The number of thiophene rings is 1. The number of hydrogen-bond acceptors (Lipinski definition) is 7. The second-order valence-corrected chi connectivity index (χ2v) is 14.5. The van der Waals surface area contributed by atoms with Crippen LogP contribution in [0.25, 0.3) is 10.1 Å². The molecular weight excluding hydrogens is 622 g/mol. The lowest BCUT2D eigenvalue weighted by Gasteiger charge is -2.42. The summed E-state index contributed by atoms with van der Waals surface area (Å²) in [7, 11) is 0. The average molecular weight is 666 g/mol. The number of piperazine rings is 1. The summed E-state index contributed by atoms with van der Waals surface area (Å²) in [4.78, 5) is 50.2. The topological polar surface area (TPSA) is 104 Å². The molecular formula is C35H44ClN5O4S. The van der Waals surface area contributed by atoms with Gasteiger partial charge >= 0.3 is 6.09 Å². The van der Waals surface area contributed by atoms with E-state index in [1.54, 1.807) is 46.7 Å². The second kappa shape index (κ2) is 15.6. The number of aromatic nitrogens is 1. The molecule has 3 aliphatic rings. The smallest absolute Gasteiger partial charge is 0.409 e. The molecule has 11 heteroatoms. The lowest BCUT2D eigenvalue weighted by atomic mass is 9.83. The predicted molar refractivity (Wildman–Crippen MR) is 181 cm³/mol. The summed E-state index contributed by atoms with van der Waals surface area (Å²) in [5.41, 5.74) is 0. The summed E-state index contributed by atoms with van der Waals surface area (Å²) in [6.07, 6.45) is 15.5. The molecule has 2 aromatic heterocycles. The van der Waals surface area contributed by atoms with Gasteiger partial charge in [0.25, 0.3) is 0 Å². The standard InChI is InChI=1S/C35H44ClN5O4S/c36-28-13-7-8-14-31(28)45-35(44)40-17-18-41(30(23-40)33(42)38-22-27-20-25-21-37-16-15-32(25)46-27)34(43)29(19-24-9-3-1-4-10-24)39-26-11-5-2-6-12-26/h7-8,13-16,20-21,24,26,29-30,39H,1-6,9-12,17-19,22-23H2,(H,38,42)/t29-,30+/m1/s1. The number of amides is 3. The molecule has 246 valence electrons. The zero-order valence-electron chi connectivity index (χ0n) is 26.3. The van der Waals surface area contributed by atoms with Crippen LogP contribution >= 0.6 is 22.9 Å². The molecule has 3 aromatic rings. The second-order valence-electron chi connectivity index (χ2n) is 12.9. The maximum atomic E-state index is 14.5. The van der Waals surface area contributed by atoms with Crippen molar-refractivity contribution < 1.29 is 19.1 Å². The minimum absolute atomic E-state index is 0.0385. The number of carbonyl (C=O) groups excluding carboxylic acids is 3. The normalized spacial score (nSPS) is 20.4. The Bertz CT molecular complexity index is 1450. The van der Waals surface area contributed by atoms with E-state index in [1.807, 2.05) is 18.3 Å². The maximum Gasteiger partial charge on any atom is 0.415 e. The Morgan fingerprint density at radius 1 is 1.00 bits per heavy atom. The summed E-state index contributed by atoms with van der Waals surface area (Å²) in [5.74, 6) is 0.439. The van der Waals surface area contributed by atoms with Crippen molar-refractivity contribution in [2.75, 3.05) is 19.6 Å². The van der Waals surface area contributed by atoms with Gasteiger partial charge in [-0.25, -0.2) is 4.79 Å². The van der Waals surface area contributed by atoms with Crippen LogP contribution < -0.4 is 15.4 Å². The number of para-hydroxylation sites is 1. The van der Waals surface area contributed by atoms with Crippen LogP contribution in [0.3, 0.4) is 0 Å².